The van der Waals surface area contributed by atoms with Crippen molar-refractivity contribution in [1.82, 2.24) is 0 Å². The summed E-state index contributed by atoms with van der Waals surface area (Å²) in [7, 11) is 0. The predicted octanol–water partition coefficient (Wildman–Crippen LogP) is 1.36. The van der Waals surface area contributed by atoms with Crippen LogP contribution in [-0.4, -0.2) is 36.4 Å². The fourth-order valence-electron chi connectivity index (χ4n) is 2.18. The van der Waals surface area contributed by atoms with E-state index in [0.29, 0.717) is 11.1 Å². The van der Waals surface area contributed by atoms with E-state index in [9.17, 15) is 15.0 Å². The van der Waals surface area contributed by atoms with Crippen LogP contribution >= 0.6 is 0 Å². The lowest BCUT2D eigenvalue weighted by atomic mass is 10.1. The number of aromatic hydroxyl groups is 2. The third-order valence-electron chi connectivity index (χ3n) is 3.54. The van der Waals surface area contributed by atoms with Gasteiger partial charge in [0.1, 0.15) is 11.5 Å². The highest BCUT2D eigenvalue weighted by Crippen LogP contribution is 2.25. The van der Waals surface area contributed by atoms with Gasteiger partial charge in [0.2, 0.25) is 0 Å². The number of aliphatic hydroxyl groups excluding tert-OH is 2. The standard InChI is InChI=1S/C19H18O7/c20-13(5-1-11-3-7-16(21)14(9-11)18(23)24)6-2-12-4-8-17(22)15(10-12)19(25)26/h1-10,18-19,21-26H. The molecule has 0 aliphatic heterocycles. The monoisotopic (exact) mass is 358 g/mol. The molecule has 2 rings (SSSR count). The van der Waals surface area contributed by atoms with Crippen LogP contribution in [0.5, 0.6) is 11.5 Å². The zero-order valence-electron chi connectivity index (χ0n) is 13.5. The summed E-state index contributed by atoms with van der Waals surface area (Å²) < 4.78 is 0. The number of ketones is 1. The summed E-state index contributed by atoms with van der Waals surface area (Å²) in [6, 6.07) is 8.25. The maximum Gasteiger partial charge on any atom is 0.182 e. The molecule has 0 saturated heterocycles. The highest BCUT2D eigenvalue weighted by molar-refractivity contribution is 6.04. The highest BCUT2D eigenvalue weighted by Gasteiger charge is 2.09. The normalized spacial score (nSPS) is 11.9. The van der Waals surface area contributed by atoms with Crippen LogP contribution in [0.1, 0.15) is 34.8 Å². The molecule has 0 aliphatic rings. The molecule has 0 bridgehead atoms. The van der Waals surface area contributed by atoms with Crippen LogP contribution in [0.3, 0.4) is 0 Å². The van der Waals surface area contributed by atoms with Crippen molar-refractivity contribution in [3.05, 3.63) is 70.8 Å². The first-order valence-corrected chi connectivity index (χ1v) is 7.56. The second kappa shape index (κ2) is 8.41. The van der Waals surface area contributed by atoms with Gasteiger partial charge in [-0.3, -0.25) is 4.79 Å². The van der Waals surface area contributed by atoms with Crippen molar-refractivity contribution >= 4 is 17.9 Å². The number of hydrogen-bond donors (Lipinski definition) is 6. The molecule has 0 unspecified atom stereocenters. The molecule has 0 heterocycles. The molecule has 136 valence electrons. The molecule has 0 fully saturated rings. The number of carbonyl (C=O) groups is 1. The number of phenols is 2. The number of allylic oxidation sites excluding steroid dienone is 2. The summed E-state index contributed by atoms with van der Waals surface area (Å²) in [5.41, 5.74) is 0.828. The number of rotatable bonds is 6. The van der Waals surface area contributed by atoms with Crippen LogP contribution in [0, 0.1) is 0 Å². The van der Waals surface area contributed by atoms with E-state index in [1.165, 1.54) is 60.7 Å². The van der Waals surface area contributed by atoms with Gasteiger partial charge in [-0.25, -0.2) is 0 Å². The van der Waals surface area contributed by atoms with E-state index in [4.69, 9.17) is 20.4 Å². The maximum atomic E-state index is 11.9. The van der Waals surface area contributed by atoms with Gasteiger partial charge in [-0.15, -0.1) is 0 Å². The average Bonchev–Trinajstić information content (AvgIpc) is 2.59. The van der Waals surface area contributed by atoms with Gasteiger partial charge < -0.3 is 30.6 Å². The average molecular weight is 358 g/mol. The minimum Gasteiger partial charge on any atom is -0.507 e. The van der Waals surface area contributed by atoms with E-state index >= 15 is 0 Å². The van der Waals surface area contributed by atoms with Crippen LogP contribution in [0.4, 0.5) is 0 Å². The summed E-state index contributed by atoms with van der Waals surface area (Å²) in [6.07, 6.45) is 1.72. The summed E-state index contributed by atoms with van der Waals surface area (Å²) in [6.45, 7) is 0. The molecule has 0 aliphatic carbocycles. The van der Waals surface area contributed by atoms with Gasteiger partial charge in [0.15, 0.2) is 18.4 Å². The Balaban J connectivity index is 2.11. The Morgan fingerprint density at radius 1 is 0.731 bits per heavy atom. The van der Waals surface area contributed by atoms with E-state index in [1.807, 2.05) is 0 Å². The first-order chi connectivity index (χ1) is 12.3. The van der Waals surface area contributed by atoms with E-state index in [2.05, 4.69) is 0 Å². The Bertz CT molecular complexity index is 781. The summed E-state index contributed by atoms with van der Waals surface area (Å²) >= 11 is 0. The summed E-state index contributed by atoms with van der Waals surface area (Å²) in [5, 5.41) is 55.5. The SMILES string of the molecule is O=C(C=Cc1ccc(O)c(C(O)O)c1)C=Cc1ccc(O)c(C(O)O)c1. The molecule has 7 nitrogen and oxygen atoms in total. The Morgan fingerprint density at radius 2 is 1.12 bits per heavy atom. The summed E-state index contributed by atoms with van der Waals surface area (Å²) in [5.74, 6) is -0.904. The summed E-state index contributed by atoms with van der Waals surface area (Å²) in [4.78, 5) is 11.9. The van der Waals surface area contributed by atoms with E-state index < -0.39 is 12.6 Å². The molecule has 2 aromatic rings. The molecular weight excluding hydrogens is 340 g/mol. The van der Waals surface area contributed by atoms with Crippen molar-refractivity contribution < 1.29 is 35.4 Å². The number of hydrogen-bond acceptors (Lipinski definition) is 7. The predicted molar refractivity (Wildman–Crippen MR) is 93.6 cm³/mol. The number of benzene rings is 2. The quantitative estimate of drug-likeness (QED) is 0.339. The van der Waals surface area contributed by atoms with E-state index in [0.717, 1.165) is 0 Å². The fraction of sp³-hybridized carbons (Fsp3) is 0.105. The first kappa shape index (κ1) is 19.4. The van der Waals surface area contributed by atoms with Gasteiger partial charge in [-0.2, -0.15) is 0 Å². The smallest absolute Gasteiger partial charge is 0.182 e. The van der Waals surface area contributed by atoms with Gasteiger partial charge in [-0.1, -0.05) is 24.3 Å². The van der Waals surface area contributed by atoms with Crippen molar-refractivity contribution in [2.75, 3.05) is 0 Å². The molecule has 0 atom stereocenters. The topological polar surface area (TPSA) is 138 Å². The van der Waals surface area contributed by atoms with Gasteiger partial charge >= 0.3 is 0 Å². The third kappa shape index (κ3) is 5.01. The molecule has 0 aromatic heterocycles. The van der Waals surface area contributed by atoms with Gasteiger partial charge in [0, 0.05) is 11.1 Å². The molecule has 2 aromatic carbocycles. The molecule has 7 heteroatoms. The second-order valence-corrected chi connectivity index (χ2v) is 5.45. The molecule has 6 N–H and O–H groups in total. The van der Waals surface area contributed by atoms with Crippen molar-refractivity contribution in [3.63, 3.8) is 0 Å². The van der Waals surface area contributed by atoms with Crippen LogP contribution in [0.2, 0.25) is 0 Å². The Hall–Kier alpha value is -2.97. The van der Waals surface area contributed by atoms with E-state index in [-0.39, 0.29) is 28.4 Å². The van der Waals surface area contributed by atoms with E-state index in [1.54, 1.807) is 0 Å². The Kier molecular flexibility index (Phi) is 6.26. The first-order valence-electron chi connectivity index (χ1n) is 7.56. The molecule has 0 amide bonds. The number of phenolic OH excluding ortho intramolecular Hbond substituents is 2. The number of carbonyl (C=O) groups excluding carboxylic acids is 1. The highest BCUT2D eigenvalue weighted by atomic mass is 16.5. The number of aliphatic hydroxyl groups is 4. The lowest BCUT2D eigenvalue weighted by molar-refractivity contribution is -0.110. The zero-order valence-corrected chi connectivity index (χ0v) is 13.5. The zero-order chi connectivity index (χ0) is 19.3. The van der Waals surface area contributed by atoms with Crippen molar-refractivity contribution in [1.29, 1.82) is 0 Å². The molecule has 0 saturated carbocycles. The molecule has 0 spiro atoms. The molecular formula is C19H18O7. The maximum absolute atomic E-state index is 11.9. The van der Waals surface area contributed by atoms with Crippen molar-refractivity contribution in [3.8, 4) is 11.5 Å². The van der Waals surface area contributed by atoms with Crippen LogP contribution in [-0.2, 0) is 4.79 Å². The van der Waals surface area contributed by atoms with Gasteiger partial charge in [0.05, 0.1) is 0 Å². The van der Waals surface area contributed by atoms with Gasteiger partial charge in [0.25, 0.3) is 0 Å². The third-order valence-corrected chi connectivity index (χ3v) is 3.54. The van der Waals surface area contributed by atoms with Crippen LogP contribution in [0.15, 0.2) is 48.6 Å². The van der Waals surface area contributed by atoms with Crippen molar-refractivity contribution in [2.45, 2.75) is 12.6 Å². The van der Waals surface area contributed by atoms with Crippen molar-refractivity contribution in [2.24, 2.45) is 0 Å². The lowest BCUT2D eigenvalue weighted by Crippen LogP contribution is -1.96. The molecule has 0 radical (unpaired) electrons. The minimum absolute atomic E-state index is 0.0747. The lowest BCUT2D eigenvalue weighted by Gasteiger charge is -2.07. The van der Waals surface area contributed by atoms with Crippen LogP contribution in [0.25, 0.3) is 12.2 Å². The largest absolute Gasteiger partial charge is 0.507 e. The van der Waals surface area contributed by atoms with Gasteiger partial charge in [-0.05, 0) is 47.5 Å². The Labute approximate surface area is 149 Å². The second-order valence-electron chi connectivity index (χ2n) is 5.45. The fourth-order valence-corrected chi connectivity index (χ4v) is 2.18. The minimum atomic E-state index is -1.83. The van der Waals surface area contributed by atoms with Crippen LogP contribution < -0.4 is 0 Å². The molecule has 26 heavy (non-hydrogen) atoms. The Morgan fingerprint density at radius 3 is 1.46 bits per heavy atom.